The number of nitrogens with zero attached hydrogens (tertiary/aromatic N) is 2. The zero-order valence-electron chi connectivity index (χ0n) is 11.7. The molecule has 0 fully saturated rings. The van der Waals surface area contributed by atoms with Crippen LogP contribution in [0.5, 0.6) is 0 Å². The Labute approximate surface area is 113 Å². The standard InChI is InChI=1S/C14H21N3S/c1-13(2,3)9-14(4,5)17-11-10(16-12(17)18)7-6-8-15-11/h6-8H,9H2,1-5H3,(H,16,18). The van der Waals surface area contributed by atoms with Gasteiger partial charge in [-0.3, -0.25) is 4.57 Å². The van der Waals surface area contributed by atoms with E-state index in [0.717, 1.165) is 22.4 Å². The van der Waals surface area contributed by atoms with Crippen LogP contribution in [-0.2, 0) is 5.54 Å². The maximum atomic E-state index is 5.46. The first-order valence-corrected chi connectivity index (χ1v) is 6.68. The fourth-order valence-corrected chi connectivity index (χ4v) is 3.32. The van der Waals surface area contributed by atoms with E-state index >= 15 is 0 Å². The van der Waals surface area contributed by atoms with E-state index in [4.69, 9.17) is 12.2 Å². The van der Waals surface area contributed by atoms with Crippen molar-refractivity contribution in [1.82, 2.24) is 14.5 Å². The van der Waals surface area contributed by atoms with Gasteiger partial charge in [0.15, 0.2) is 10.4 Å². The van der Waals surface area contributed by atoms with E-state index in [1.807, 2.05) is 18.3 Å². The Morgan fingerprint density at radius 3 is 2.56 bits per heavy atom. The van der Waals surface area contributed by atoms with Gasteiger partial charge in [-0.1, -0.05) is 20.8 Å². The van der Waals surface area contributed by atoms with Crippen molar-refractivity contribution in [2.45, 2.75) is 46.6 Å². The van der Waals surface area contributed by atoms with E-state index in [1.54, 1.807) is 0 Å². The largest absolute Gasteiger partial charge is 0.329 e. The number of fused-ring (bicyclic) bond motifs is 1. The van der Waals surface area contributed by atoms with Crippen LogP contribution in [0.15, 0.2) is 18.3 Å². The van der Waals surface area contributed by atoms with Crippen LogP contribution < -0.4 is 0 Å². The number of H-pyrrole nitrogens is 1. The molecule has 0 unspecified atom stereocenters. The number of pyridine rings is 1. The molecule has 1 N–H and O–H groups in total. The van der Waals surface area contributed by atoms with Gasteiger partial charge in [0.25, 0.3) is 0 Å². The lowest BCUT2D eigenvalue weighted by atomic mass is 9.81. The minimum absolute atomic E-state index is 0.0536. The van der Waals surface area contributed by atoms with Crippen molar-refractivity contribution in [2.24, 2.45) is 5.41 Å². The van der Waals surface area contributed by atoms with E-state index in [-0.39, 0.29) is 11.0 Å². The lowest BCUT2D eigenvalue weighted by Crippen LogP contribution is -2.31. The Morgan fingerprint density at radius 2 is 1.94 bits per heavy atom. The second kappa shape index (κ2) is 4.19. The fourth-order valence-electron chi connectivity index (χ4n) is 2.88. The first kappa shape index (κ1) is 13.3. The molecule has 0 amide bonds. The number of hydrogen-bond donors (Lipinski definition) is 1. The topological polar surface area (TPSA) is 33.6 Å². The fraction of sp³-hybridized carbons (Fsp3) is 0.571. The van der Waals surface area contributed by atoms with Crippen molar-refractivity contribution in [1.29, 1.82) is 0 Å². The smallest absolute Gasteiger partial charge is 0.179 e. The van der Waals surface area contributed by atoms with Gasteiger partial charge in [0.05, 0.1) is 5.52 Å². The van der Waals surface area contributed by atoms with Gasteiger partial charge in [0, 0.05) is 11.7 Å². The molecule has 0 bridgehead atoms. The predicted molar refractivity (Wildman–Crippen MR) is 78.3 cm³/mol. The third-order valence-corrected chi connectivity index (χ3v) is 3.30. The second-order valence-corrected chi connectivity index (χ2v) is 7.08. The van der Waals surface area contributed by atoms with Crippen LogP contribution in [-0.4, -0.2) is 14.5 Å². The van der Waals surface area contributed by atoms with E-state index in [0.29, 0.717) is 0 Å². The highest BCUT2D eigenvalue weighted by Gasteiger charge is 2.29. The summed E-state index contributed by atoms with van der Waals surface area (Å²) < 4.78 is 2.89. The number of aromatic amines is 1. The maximum absolute atomic E-state index is 5.46. The lowest BCUT2D eigenvalue weighted by Gasteiger charge is -2.33. The maximum Gasteiger partial charge on any atom is 0.179 e. The number of aromatic nitrogens is 3. The molecule has 98 valence electrons. The second-order valence-electron chi connectivity index (χ2n) is 6.69. The average Bonchev–Trinajstić information content (AvgIpc) is 2.49. The molecule has 4 heteroatoms. The van der Waals surface area contributed by atoms with Crippen LogP contribution in [0.3, 0.4) is 0 Å². The molecular weight excluding hydrogens is 242 g/mol. The van der Waals surface area contributed by atoms with Crippen LogP contribution >= 0.6 is 12.2 Å². The summed E-state index contributed by atoms with van der Waals surface area (Å²) in [6, 6.07) is 3.94. The molecule has 18 heavy (non-hydrogen) atoms. The number of rotatable bonds is 2. The van der Waals surface area contributed by atoms with Crippen LogP contribution in [0.1, 0.15) is 41.0 Å². The van der Waals surface area contributed by atoms with Gasteiger partial charge in [0.2, 0.25) is 0 Å². The molecule has 2 rings (SSSR count). The first-order valence-electron chi connectivity index (χ1n) is 6.27. The van der Waals surface area contributed by atoms with Crippen LogP contribution in [0.2, 0.25) is 0 Å². The van der Waals surface area contributed by atoms with Gasteiger partial charge in [-0.15, -0.1) is 0 Å². The van der Waals surface area contributed by atoms with E-state index in [1.165, 1.54) is 0 Å². The van der Waals surface area contributed by atoms with E-state index < -0.39 is 0 Å². The van der Waals surface area contributed by atoms with Gasteiger partial charge < -0.3 is 4.98 Å². The molecule has 0 atom stereocenters. The molecule has 0 saturated carbocycles. The summed E-state index contributed by atoms with van der Waals surface area (Å²) >= 11 is 5.46. The van der Waals surface area contributed by atoms with E-state index in [9.17, 15) is 0 Å². The summed E-state index contributed by atoms with van der Waals surface area (Å²) in [5, 5.41) is 0. The summed E-state index contributed by atoms with van der Waals surface area (Å²) in [5.41, 5.74) is 2.14. The zero-order chi connectivity index (χ0) is 13.6. The lowest BCUT2D eigenvalue weighted by molar-refractivity contribution is 0.217. The Bertz CT molecular complexity index is 614. The zero-order valence-corrected chi connectivity index (χ0v) is 12.6. The average molecular weight is 263 g/mol. The minimum Gasteiger partial charge on any atom is -0.329 e. The number of hydrogen-bond acceptors (Lipinski definition) is 2. The van der Waals surface area contributed by atoms with Gasteiger partial charge in [-0.2, -0.15) is 0 Å². The number of imidazole rings is 1. The first-order chi connectivity index (χ1) is 8.21. The molecule has 0 radical (unpaired) electrons. The molecule has 2 aromatic rings. The van der Waals surface area contributed by atoms with Crippen molar-refractivity contribution in [3.8, 4) is 0 Å². The van der Waals surface area contributed by atoms with E-state index in [2.05, 4.69) is 49.2 Å². The van der Waals surface area contributed by atoms with Crippen molar-refractivity contribution >= 4 is 23.4 Å². The Hall–Kier alpha value is -1.16. The van der Waals surface area contributed by atoms with Crippen molar-refractivity contribution in [3.63, 3.8) is 0 Å². The van der Waals surface area contributed by atoms with Gasteiger partial charge in [-0.25, -0.2) is 4.98 Å². The van der Waals surface area contributed by atoms with Crippen molar-refractivity contribution < 1.29 is 0 Å². The highest BCUT2D eigenvalue weighted by Crippen LogP contribution is 2.34. The Balaban J connectivity index is 2.60. The summed E-state index contributed by atoms with van der Waals surface area (Å²) in [6.45, 7) is 11.2. The van der Waals surface area contributed by atoms with Crippen molar-refractivity contribution in [3.05, 3.63) is 23.1 Å². The summed E-state index contributed by atoms with van der Waals surface area (Å²) in [6.07, 6.45) is 2.85. The quantitative estimate of drug-likeness (QED) is 0.821. The molecule has 2 aromatic heterocycles. The minimum atomic E-state index is -0.0536. The molecule has 3 nitrogen and oxygen atoms in total. The molecule has 0 saturated heterocycles. The SMILES string of the molecule is CC(C)(C)CC(C)(C)n1c(=S)[nH]c2cccnc21. The Morgan fingerprint density at radius 1 is 1.28 bits per heavy atom. The third-order valence-electron chi connectivity index (χ3n) is 3.01. The summed E-state index contributed by atoms with van der Waals surface area (Å²) in [4.78, 5) is 7.70. The number of nitrogens with one attached hydrogen (secondary N) is 1. The molecule has 0 aliphatic heterocycles. The monoisotopic (exact) mass is 263 g/mol. The molecular formula is C14H21N3S. The van der Waals surface area contributed by atoms with Gasteiger partial charge in [0.1, 0.15) is 0 Å². The molecule has 0 aromatic carbocycles. The van der Waals surface area contributed by atoms with Crippen molar-refractivity contribution in [2.75, 3.05) is 0 Å². The Kier molecular flexibility index (Phi) is 3.09. The molecule has 2 heterocycles. The van der Waals surface area contributed by atoms with Crippen LogP contribution in [0.4, 0.5) is 0 Å². The summed E-state index contributed by atoms with van der Waals surface area (Å²) in [5.74, 6) is 0. The van der Waals surface area contributed by atoms with Crippen LogP contribution in [0, 0.1) is 10.2 Å². The third kappa shape index (κ3) is 2.48. The van der Waals surface area contributed by atoms with Gasteiger partial charge in [-0.05, 0) is 50.0 Å². The molecule has 0 aliphatic rings. The van der Waals surface area contributed by atoms with Gasteiger partial charge >= 0.3 is 0 Å². The highest BCUT2D eigenvalue weighted by atomic mass is 32.1. The normalized spacial score (nSPS) is 13.2. The predicted octanol–water partition coefficient (Wildman–Crippen LogP) is 4.27. The molecule has 0 aliphatic carbocycles. The molecule has 0 spiro atoms. The van der Waals surface area contributed by atoms with Crippen LogP contribution in [0.25, 0.3) is 11.2 Å². The summed E-state index contributed by atoms with van der Waals surface area (Å²) in [7, 11) is 0. The highest BCUT2D eigenvalue weighted by molar-refractivity contribution is 7.71.